The molecule has 2 atom stereocenters. The predicted octanol–water partition coefficient (Wildman–Crippen LogP) is 3.18. The van der Waals surface area contributed by atoms with Gasteiger partial charge in [0.15, 0.2) is 5.03 Å². The Morgan fingerprint density at radius 1 is 1.23 bits per heavy atom. The molecule has 1 saturated heterocycles. The second-order valence-electron chi connectivity index (χ2n) is 7.28. The van der Waals surface area contributed by atoms with Gasteiger partial charge in [0.25, 0.3) is 10.0 Å². The molecule has 1 aromatic carbocycles. The molecule has 10 heteroatoms. The van der Waals surface area contributed by atoms with E-state index in [0.29, 0.717) is 24.7 Å². The van der Waals surface area contributed by atoms with Crippen molar-refractivity contribution in [1.29, 1.82) is 0 Å². The predicted molar refractivity (Wildman–Crippen MR) is 119 cm³/mol. The van der Waals surface area contributed by atoms with Crippen LogP contribution in [-0.4, -0.2) is 46.4 Å². The molecular weight excluding hydrogens is 490 g/mol. The Balaban J connectivity index is 1.58. The maximum atomic E-state index is 13.1. The summed E-state index contributed by atoms with van der Waals surface area (Å²) in [4.78, 5) is 8.53. The molecule has 158 valence electrons. The summed E-state index contributed by atoms with van der Waals surface area (Å²) in [6, 6.07) is 11.3. The van der Waals surface area contributed by atoms with E-state index in [4.69, 9.17) is 11.6 Å². The van der Waals surface area contributed by atoms with Crippen molar-refractivity contribution in [2.75, 3.05) is 13.1 Å². The molecular formula is C20H21BrClN5O2S. The zero-order valence-corrected chi connectivity index (χ0v) is 19.4. The summed E-state index contributed by atoms with van der Waals surface area (Å²) >= 11 is 9.58. The summed E-state index contributed by atoms with van der Waals surface area (Å²) < 4.78 is 30.3. The van der Waals surface area contributed by atoms with Crippen LogP contribution in [0.2, 0.25) is 5.02 Å². The van der Waals surface area contributed by atoms with E-state index in [1.54, 1.807) is 17.8 Å². The molecule has 2 aromatic heterocycles. The number of sulfonamides is 1. The van der Waals surface area contributed by atoms with Crippen LogP contribution in [0.5, 0.6) is 0 Å². The van der Waals surface area contributed by atoms with Crippen molar-refractivity contribution in [2.24, 2.45) is 7.05 Å². The first-order valence-corrected chi connectivity index (χ1v) is 12.0. The first kappa shape index (κ1) is 21.5. The van der Waals surface area contributed by atoms with Crippen molar-refractivity contribution in [3.05, 3.63) is 75.9 Å². The SMILES string of the molecule is Cn1cnc(S(=O)(=O)N2C[C@H](NCc3ccc(Cl)cc3Br)[C@@H](c3ccccn3)C2)c1. The number of benzene rings is 1. The van der Waals surface area contributed by atoms with Gasteiger partial charge in [-0.05, 0) is 29.8 Å². The zero-order chi connectivity index (χ0) is 21.3. The molecule has 7 nitrogen and oxygen atoms in total. The smallest absolute Gasteiger partial charge is 0.262 e. The second kappa shape index (κ2) is 8.76. The van der Waals surface area contributed by atoms with Crippen LogP contribution < -0.4 is 5.32 Å². The fourth-order valence-corrected chi connectivity index (χ4v) is 5.91. The number of imidazole rings is 1. The Labute approximate surface area is 189 Å². The minimum Gasteiger partial charge on any atom is -0.339 e. The molecule has 1 N–H and O–H groups in total. The maximum Gasteiger partial charge on any atom is 0.262 e. The summed E-state index contributed by atoms with van der Waals surface area (Å²) in [6.45, 7) is 1.25. The van der Waals surface area contributed by atoms with E-state index >= 15 is 0 Å². The number of rotatable bonds is 6. The summed E-state index contributed by atoms with van der Waals surface area (Å²) in [5.74, 6) is -0.0734. The largest absolute Gasteiger partial charge is 0.339 e. The maximum absolute atomic E-state index is 13.1. The molecule has 0 saturated carbocycles. The molecule has 0 amide bonds. The van der Waals surface area contributed by atoms with E-state index in [-0.39, 0.29) is 17.0 Å². The van der Waals surface area contributed by atoms with E-state index in [9.17, 15) is 8.42 Å². The molecule has 0 radical (unpaired) electrons. The molecule has 1 fully saturated rings. The highest BCUT2D eigenvalue weighted by Crippen LogP contribution is 2.31. The quantitative estimate of drug-likeness (QED) is 0.551. The second-order valence-corrected chi connectivity index (χ2v) is 10.5. The highest BCUT2D eigenvalue weighted by molar-refractivity contribution is 9.10. The van der Waals surface area contributed by atoms with Gasteiger partial charge in [-0.15, -0.1) is 0 Å². The molecule has 1 aliphatic rings. The Kier molecular flexibility index (Phi) is 6.26. The van der Waals surface area contributed by atoms with Gasteiger partial charge in [-0.1, -0.05) is 39.7 Å². The fraction of sp³-hybridized carbons (Fsp3) is 0.300. The van der Waals surface area contributed by atoms with Crippen molar-refractivity contribution in [3.63, 3.8) is 0 Å². The van der Waals surface area contributed by atoms with Crippen LogP contribution in [0.3, 0.4) is 0 Å². The van der Waals surface area contributed by atoms with Crippen LogP contribution in [0.4, 0.5) is 0 Å². The van der Waals surface area contributed by atoms with Crippen molar-refractivity contribution in [1.82, 2.24) is 24.2 Å². The molecule has 3 aromatic rings. The average Bonchev–Trinajstić information content (AvgIpc) is 3.35. The van der Waals surface area contributed by atoms with Crippen molar-refractivity contribution < 1.29 is 8.42 Å². The lowest BCUT2D eigenvalue weighted by Gasteiger charge is -2.20. The summed E-state index contributed by atoms with van der Waals surface area (Å²) in [5, 5.41) is 4.24. The normalized spacial score (nSPS) is 20.0. The van der Waals surface area contributed by atoms with Gasteiger partial charge in [0.2, 0.25) is 0 Å². The van der Waals surface area contributed by atoms with Gasteiger partial charge in [0.05, 0.1) is 6.33 Å². The van der Waals surface area contributed by atoms with Crippen LogP contribution in [0.25, 0.3) is 0 Å². The molecule has 1 aliphatic heterocycles. The van der Waals surface area contributed by atoms with Gasteiger partial charge >= 0.3 is 0 Å². The Morgan fingerprint density at radius 2 is 2.07 bits per heavy atom. The highest BCUT2D eigenvalue weighted by Gasteiger charge is 2.41. The Hall–Kier alpha value is -1.78. The molecule has 30 heavy (non-hydrogen) atoms. The lowest BCUT2D eigenvalue weighted by molar-refractivity contribution is 0.453. The first-order valence-electron chi connectivity index (χ1n) is 9.41. The van der Waals surface area contributed by atoms with E-state index in [2.05, 4.69) is 31.2 Å². The van der Waals surface area contributed by atoms with Crippen molar-refractivity contribution in [3.8, 4) is 0 Å². The fourth-order valence-electron chi connectivity index (χ4n) is 3.63. The lowest BCUT2D eigenvalue weighted by Crippen LogP contribution is -2.36. The van der Waals surface area contributed by atoms with Gasteiger partial charge in [0.1, 0.15) is 0 Å². The van der Waals surface area contributed by atoms with E-state index in [1.165, 1.54) is 16.8 Å². The van der Waals surface area contributed by atoms with Gasteiger partial charge in [-0.2, -0.15) is 4.31 Å². The number of hydrogen-bond acceptors (Lipinski definition) is 5. The summed E-state index contributed by atoms with van der Waals surface area (Å²) in [6.07, 6.45) is 4.75. The average molecular weight is 511 g/mol. The van der Waals surface area contributed by atoms with Crippen LogP contribution in [0.15, 0.2) is 64.6 Å². The lowest BCUT2D eigenvalue weighted by atomic mass is 9.99. The molecule has 4 rings (SSSR count). The van der Waals surface area contributed by atoms with Crippen molar-refractivity contribution >= 4 is 37.6 Å². The van der Waals surface area contributed by atoms with E-state index in [0.717, 1.165) is 15.7 Å². The number of nitrogens with one attached hydrogen (secondary N) is 1. The third-order valence-electron chi connectivity index (χ3n) is 5.21. The number of nitrogens with zero attached hydrogens (tertiary/aromatic N) is 4. The molecule has 0 bridgehead atoms. The van der Waals surface area contributed by atoms with Crippen LogP contribution in [0, 0.1) is 0 Å². The third-order valence-corrected chi connectivity index (χ3v) is 7.90. The Morgan fingerprint density at radius 3 is 2.73 bits per heavy atom. The highest BCUT2D eigenvalue weighted by atomic mass is 79.9. The molecule has 0 unspecified atom stereocenters. The van der Waals surface area contributed by atoms with Gasteiger partial charge in [-0.25, -0.2) is 13.4 Å². The number of aromatic nitrogens is 3. The van der Waals surface area contributed by atoms with Gasteiger partial charge in [0, 0.05) is 66.2 Å². The Bertz CT molecular complexity index is 1140. The third kappa shape index (κ3) is 4.45. The van der Waals surface area contributed by atoms with Gasteiger partial charge in [-0.3, -0.25) is 4.98 Å². The standard InChI is InChI=1S/C20H21BrClN5O2S/c1-26-12-20(25-13-26)30(28,29)27-10-16(18-4-2-3-7-23-18)19(11-27)24-9-14-5-6-15(22)8-17(14)21/h2-8,12-13,16,19,24H,9-11H2,1H3/t16-,19+/m1/s1. The van der Waals surface area contributed by atoms with E-state index in [1.807, 2.05) is 36.4 Å². The molecule has 3 heterocycles. The minimum absolute atomic E-state index is 0.0610. The topological polar surface area (TPSA) is 80.1 Å². The summed E-state index contributed by atoms with van der Waals surface area (Å²) in [5.41, 5.74) is 1.91. The monoisotopic (exact) mass is 509 g/mol. The number of halogens is 2. The van der Waals surface area contributed by atoms with Crippen LogP contribution >= 0.6 is 27.5 Å². The zero-order valence-electron chi connectivity index (χ0n) is 16.2. The van der Waals surface area contributed by atoms with Crippen LogP contribution in [0.1, 0.15) is 17.2 Å². The van der Waals surface area contributed by atoms with Crippen LogP contribution in [-0.2, 0) is 23.6 Å². The van der Waals surface area contributed by atoms with Gasteiger partial charge < -0.3 is 9.88 Å². The molecule has 0 aliphatic carbocycles. The number of pyridine rings is 1. The summed E-state index contributed by atoms with van der Waals surface area (Å²) in [7, 11) is -1.93. The molecule has 0 spiro atoms. The number of hydrogen-bond donors (Lipinski definition) is 1. The number of aryl methyl sites for hydroxylation is 1. The first-order chi connectivity index (χ1) is 14.3. The van der Waals surface area contributed by atoms with E-state index < -0.39 is 10.0 Å². The van der Waals surface area contributed by atoms with Crippen molar-refractivity contribution in [2.45, 2.75) is 23.5 Å². The minimum atomic E-state index is -3.68.